The van der Waals surface area contributed by atoms with Crippen LogP contribution < -0.4 is 10.1 Å². The van der Waals surface area contributed by atoms with Gasteiger partial charge in [-0.3, -0.25) is 5.32 Å². The molecule has 0 spiro atoms. The van der Waals surface area contributed by atoms with Crippen LogP contribution in [0.4, 0.5) is 0 Å². The zero-order valence-corrected chi connectivity index (χ0v) is 16.9. The van der Waals surface area contributed by atoms with Gasteiger partial charge in [0.15, 0.2) is 0 Å². The molecule has 0 bridgehead atoms. The van der Waals surface area contributed by atoms with Crippen molar-refractivity contribution in [1.82, 2.24) is 14.9 Å². The Balaban J connectivity index is 1.81. The van der Waals surface area contributed by atoms with Crippen molar-refractivity contribution >= 4 is 11.0 Å². The van der Waals surface area contributed by atoms with Gasteiger partial charge >= 0.3 is 0 Å². The highest BCUT2D eigenvalue weighted by atomic mass is 16.5. The third-order valence-corrected chi connectivity index (χ3v) is 4.46. The Kier molecular flexibility index (Phi) is 5.82. The van der Waals surface area contributed by atoms with E-state index in [0.717, 1.165) is 40.3 Å². The van der Waals surface area contributed by atoms with Crippen LogP contribution >= 0.6 is 0 Å². The number of aryl methyl sites for hydroxylation is 1. The van der Waals surface area contributed by atoms with Gasteiger partial charge in [0.05, 0.1) is 37.0 Å². The molecule has 0 atom stereocenters. The van der Waals surface area contributed by atoms with Crippen molar-refractivity contribution in [3.63, 3.8) is 0 Å². The minimum Gasteiger partial charge on any atom is -0.497 e. The Morgan fingerprint density at radius 2 is 1.74 bits per heavy atom. The number of benzene rings is 2. The molecule has 0 unspecified atom stereocenters. The minimum absolute atomic E-state index is 0.148. The largest absolute Gasteiger partial charge is 0.497 e. The molecule has 0 aliphatic heterocycles. The van der Waals surface area contributed by atoms with Gasteiger partial charge in [0.1, 0.15) is 11.6 Å². The third-order valence-electron chi connectivity index (χ3n) is 4.46. The van der Waals surface area contributed by atoms with Gasteiger partial charge in [0.2, 0.25) is 0 Å². The lowest BCUT2D eigenvalue weighted by molar-refractivity contribution is -0.0141. The molecular formula is C22H29N3O2. The Hall–Kier alpha value is -2.37. The van der Waals surface area contributed by atoms with E-state index in [9.17, 15) is 0 Å². The van der Waals surface area contributed by atoms with Crippen molar-refractivity contribution in [2.24, 2.45) is 0 Å². The van der Waals surface area contributed by atoms with Crippen LogP contribution in [0.2, 0.25) is 0 Å². The molecule has 0 saturated heterocycles. The van der Waals surface area contributed by atoms with Crippen LogP contribution in [-0.4, -0.2) is 29.0 Å². The summed E-state index contributed by atoms with van der Waals surface area (Å²) in [6.07, 6.45) is 0. The molecule has 1 aromatic heterocycles. The molecule has 0 aliphatic carbocycles. The van der Waals surface area contributed by atoms with E-state index in [1.807, 2.05) is 12.1 Å². The van der Waals surface area contributed by atoms with E-state index in [-0.39, 0.29) is 5.60 Å². The van der Waals surface area contributed by atoms with Gasteiger partial charge in [-0.2, -0.15) is 0 Å². The number of nitrogens with zero attached hydrogens (tertiary/aromatic N) is 2. The summed E-state index contributed by atoms with van der Waals surface area (Å²) in [5.41, 5.74) is 4.33. The maximum atomic E-state index is 5.74. The molecule has 144 valence electrons. The van der Waals surface area contributed by atoms with Gasteiger partial charge in [0.25, 0.3) is 0 Å². The number of rotatable bonds is 7. The molecule has 0 aliphatic rings. The quantitative estimate of drug-likeness (QED) is 0.490. The predicted octanol–water partition coefficient (Wildman–Crippen LogP) is 4.59. The molecule has 0 fully saturated rings. The second-order valence-corrected chi connectivity index (χ2v) is 7.53. The number of hydrogen-bond acceptors (Lipinski definition) is 4. The van der Waals surface area contributed by atoms with Crippen LogP contribution in [-0.2, 0) is 17.8 Å². The van der Waals surface area contributed by atoms with Crippen molar-refractivity contribution in [1.29, 1.82) is 0 Å². The smallest absolute Gasteiger partial charge is 0.123 e. The zero-order valence-electron chi connectivity index (χ0n) is 16.9. The molecule has 1 heterocycles. The fraction of sp³-hybridized carbons (Fsp3) is 0.409. The standard InChI is InChI=1S/C22H29N3O2/c1-6-25-20-12-9-17(16-7-10-18(26-5)11-8-16)13-19(20)24-21(25)14-23-15-27-22(2,3)4/h7-13,23H,6,14-15H2,1-5H3. The van der Waals surface area contributed by atoms with Crippen LogP contribution in [0.25, 0.3) is 22.2 Å². The summed E-state index contributed by atoms with van der Waals surface area (Å²) >= 11 is 0. The molecule has 2 aromatic carbocycles. The fourth-order valence-electron chi connectivity index (χ4n) is 3.06. The average Bonchev–Trinajstić information content (AvgIpc) is 3.01. The first-order valence-corrected chi connectivity index (χ1v) is 9.39. The highest BCUT2D eigenvalue weighted by Gasteiger charge is 2.12. The molecule has 5 nitrogen and oxygen atoms in total. The van der Waals surface area contributed by atoms with Crippen molar-refractivity contribution in [2.75, 3.05) is 13.8 Å². The molecule has 0 saturated carbocycles. The summed E-state index contributed by atoms with van der Waals surface area (Å²) in [4.78, 5) is 4.86. The van der Waals surface area contributed by atoms with Gasteiger partial charge in [-0.25, -0.2) is 4.98 Å². The molecular weight excluding hydrogens is 338 g/mol. The third kappa shape index (κ3) is 4.67. The maximum Gasteiger partial charge on any atom is 0.123 e. The van der Waals surface area contributed by atoms with Crippen molar-refractivity contribution in [2.45, 2.75) is 46.4 Å². The Bertz CT molecular complexity index is 892. The number of ether oxygens (including phenoxy) is 2. The number of nitrogens with one attached hydrogen (secondary N) is 1. The number of hydrogen-bond donors (Lipinski definition) is 1. The van der Waals surface area contributed by atoms with E-state index in [0.29, 0.717) is 13.3 Å². The SMILES string of the molecule is CCn1c(CNCOC(C)(C)C)nc2cc(-c3ccc(OC)cc3)ccc21. The second kappa shape index (κ2) is 8.11. The van der Waals surface area contributed by atoms with Gasteiger partial charge < -0.3 is 14.0 Å². The topological polar surface area (TPSA) is 48.3 Å². The first kappa shape index (κ1) is 19.4. The minimum atomic E-state index is -0.148. The summed E-state index contributed by atoms with van der Waals surface area (Å²) < 4.78 is 13.2. The van der Waals surface area contributed by atoms with E-state index < -0.39 is 0 Å². The lowest BCUT2D eigenvalue weighted by Crippen LogP contribution is -2.28. The van der Waals surface area contributed by atoms with Crippen molar-refractivity contribution in [3.8, 4) is 16.9 Å². The Labute approximate surface area is 161 Å². The highest BCUT2D eigenvalue weighted by molar-refractivity contribution is 5.82. The van der Waals surface area contributed by atoms with E-state index >= 15 is 0 Å². The normalized spacial score (nSPS) is 11.9. The highest BCUT2D eigenvalue weighted by Crippen LogP contribution is 2.26. The fourth-order valence-corrected chi connectivity index (χ4v) is 3.06. The van der Waals surface area contributed by atoms with E-state index in [2.05, 4.69) is 67.9 Å². The van der Waals surface area contributed by atoms with Gasteiger partial charge in [-0.05, 0) is 63.1 Å². The molecule has 3 rings (SSSR count). The van der Waals surface area contributed by atoms with E-state index in [4.69, 9.17) is 14.5 Å². The van der Waals surface area contributed by atoms with Crippen molar-refractivity contribution in [3.05, 3.63) is 48.3 Å². The summed E-state index contributed by atoms with van der Waals surface area (Å²) in [5.74, 6) is 1.89. The van der Waals surface area contributed by atoms with E-state index in [1.54, 1.807) is 7.11 Å². The summed E-state index contributed by atoms with van der Waals surface area (Å²) in [6, 6.07) is 14.6. The molecule has 5 heteroatoms. The number of fused-ring (bicyclic) bond motifs is 1. The van der Waals surface area contributed by atoms with Crippen LogP contribution in [0.3, 0.4) is 0 Å². The predicted molar refractivity (Wildman–Crippen MR) is 110 cm³/mol. The summed E-state index contributed by atoms with van der Waals surface area (Å²) in [6.45, 7) is 10.4. The van der Waals surface area contributed by atoms with Crippen LogP contribution in [0.5, 0.6) is 5.75 Å². The monoisotopic (exact) mass is 367 g/mol. The van der Waals surface area contributed by atoms with Crippen LogP contribution in [0.1, 0.15) is 33.5 Å². The summed E-state index contributed by atoms with van der Waals surface area (Å²) in [5, 5.41) is 3.33. The van der Waals surface area contributed by atoms with Gasteiger partial charge in [-0.1, -0.05) is 18.2 Å². The number of imidazole rings is 1. The average molecular weight is 367 g/mol. The van der Waals surface area contributed by atoms with Crippen LogP contribution in [0.15, 0.2) is 42.5 Å². The lowest BCUT2D eigenvalue weighted by Gasteiger charge is -2.19. The zero-order chi connectivity index (χ0) is 19.4. The maximum absolute atomic E-state index is 5.74. The Morgan fingerprint density at radius 1 is 1.04 bits per heavy atom. The molecule has 3 aromatic rings. The number of aromatic nitrogens is 2. The molecule has 1 N–H and O–H groups in total. The first-order valence-electron chi connectivity index (χ1n) is 9.39. The van der Waals surface area contributed by atoms with E-state index in [1.165, 1.54) is 0 Å². The molecule has 0 amide bonds. The summed E-state index contributed by atoms with van der Waals surface area (Å²) in [7, 11) is 1.68. The molecule has 0 radical (unpaired) electrons. The molecule has 27 heavy (non-hydrogen) atoms. The van der Waals surface area contributed by atoms with Gasteiger partial charge in [0, 0.05) is 6.54 Å². The second-order valence-electron chi connectivity index (χ2n) is 7.53. The Morgan fingerprint density at radius 3 is 2.37 bits per heavy atom. The first-order chi connectivity index (χ1) is 12.9. The van der Waals surface area contributed by atoms with Crippen LogP contribution in [0, 0.1) is 0 Å². The van der Waals surface area contributed by atoms with Gasteiger partial charge in [-0.15, -0.1) is 0 Å². The number of methoxy groups -OCH3 is 1. The lowest BCUT2D eigenvalue weighted by atomic mass is 10.1. The van der Waals surface area contributed by atoms with Crippen molar-refractivity contribution < 1.29 is 9.47 Å².